The molecule has 6 nitrogen and oxygen atoms in total. The fourth-order valence-corrected chi connectivity index (χ4v) is 3.57. The first-order valence-electron chi connectivity index (χ1n) is 9.31. The van der Waals surface area contributed by atoms with E-state index in [1.54, 1.807) is 0 Å². The van der Waals surface area contributed by atoms with E-state index in [-0.39, 0.29) is 11.9 Å². The van der Waals surface area contributed by atoms with E-state index in [4.69, 9.17) is 16.1 Å². The summed E-state index contributed by atoms with van der Waals surface area (Å²) in [5, 5.41) is 7.71. The second-order valence-corrected chi connectivity index (χ2v) is 7.41. The van der Waals surface area contributed by atoms with Crippen molar-refractivity contribution < 1.29 is 9.32 Å². The summed E-state index contributed by atoms with van der Waals surface area (Å²) in [5.41, 5.74) is 2.72. The Balaban J connectivity index is 1.37. The van der Waals surface area contributed by atoms with Gasteiger partial charge in [0.1, 0.15) is 0 Å². The second-order valence-electron chi connectivity index (χ2n) is 6.97. The number of carbonyl (C=O) groups is 1. The van der Waals surface area contributed by atoms with Crippen molar-refractivity contribution in [1.82, 2.24) is 15.0 Å². The lowest BCUT2D eigenvalue weighted by Crippen LogP contribution is -2.40. The van der Waals surface area contributed by atoms with E-state index in [0.29, 0.717) is 29.8 Å². The summed E-state index contributed by atoms with van der Waals surface area (Å²) in [6.45, 7) is 3.28. The molecule has 7 heteroatoms. The molecular formula is C21H21ClN4O2. The van der Waals surface area contributed by atoms with Gasteiger partial charge in [-0.2, -0.15) is 4.98 Å². The molecule has 1 N–H and O–H groups in total. The first kappa shape index (κ1) is 18.5. The Hall–Kier alpha value is -2.86. The van der Waals surface area contributed by atoms with E-state index in [0.717, 1.165) is 29.7 Å². The number of amides is 2. The molecule has 1 saturated heterocycles. The van der Waals surface area contributed by atoms with Crippen molar-refractivity contribution in [3.05, 3.63) is 65.0 Å². The molecule has 2 amide bonds. The highest BCUT2D eigenvalue weighted by atomic mass is 35.5. The normalized spacial score (nSPS) is 14.9. The Morgan fingerprint density at radius 1 is 1.18 bits per heavy atom. The lowest BCUT2D eigenvalue weighted by atomic mass is 9.97. The summed E-state index contributed by atoms with van der Waals surface area (Å²) in [6, 6.07) is 15.1. The molecule has 0 saturated carbocycles. The number of hydrogen-bond acceptors (Lipinski definition) is 4. The Morgan fingerprint density at radius 3 is 2.71 bits per heavy atom. The number of para-hydroxylation sites is 1. The molecule has 1 aliphatic rings. The van der Waals surface area contributed by atoms with Gasteiger partial charge in [0.15, 0.2) is 0 Å². The van der Waals surface area contributed by atoms with Crippen molar-refractivity contribution >= 4 is 23.3 Å². The molecule has 28 heavy (non-hydrogen) atoms. The van der Waals surface area contributed by atoms with E-state index in [1.165, 1.54) is 0 Å². The molecule has 0 atom stereocenters. The molecule has 1 fully saturated rings. The lowest BCUT2D eigenvalue weighted by molar-refractivity contribution is 0.187. The van der Waals surface area contributed by atoms with Crippen LogP contribution in [0.3, 0.4) is 0 Å². The van der Waals surface area contributed by atoms with Crippen LogP contribution in [-0.4, -0.2) is 34.2 Å². The Morgan fingerprint density at radius 2 is 1.96 bits per heavy atom. The van der Waals surface area contributed by atoms with Crippen LogP contribution < -0.4 is 5.32 Å². The van der Waals surface area contributed by atoms with E-state index in [9.17, 15) is 4.79 Å². The zero-order valence-electron chi connectivity index (χ0n) is 15.6. The van der Waals surface area contributed by atoms with Crippen molar-refractivity contribution in [3.63, 3.8) is 0 Å². The number of nitrogens with one attached hydrogen (secondary N) is 1. The zero-order valence-corrected chi connectivity index (χ0v) is 16.3. The van der Waals surface area contributed by atoms with Gasteiger partial charge in [-0.1, -0.05) is 47.1 Å². The largest absolute Gasteiger partial charge is 0.339 e. The number of benzene rings is 2. The molecule has 1 aromatic heterocycles. The first-order valence-corrected chi connectivity index (χ1v) is 9.69. The third kappa shape index (κ3) is 4.02. The second kappa shape index (κ2) is 8.02. The number of piperidine rings is 1. The molecule has 0 aliphatic carbocycles. The zero-order chi connectivity index (χ0) is 19.5. The molecule has 0 spiro atoms. The van der Waals surface area contributed by atoms with E-state index >= 15 is 0 Å². The van der Waals surface area contributed by atoms with Gasteiger partial charge in [0, 0.05) is 35.3 Å². The standard InChI is InChI=1S/C21H21ClN4O2/c1-14-5-2-3-8-18(14)23-21(27)26-11-9-15(10-12-26)20-24-19(25-28-20)16-6-4-7-17(22)13-16/h2-8,13,15H,9-12H2,1H3,(H,23,27). The SMILES string of the molecule is Cc1ccccc1NC(=O)N1CCC(c2nc(-c3cccc(Cl)c3)no2)CC1. The van der Waals surface area contributed by atoms with Crippen LogP contribution in [0.2, 0.25) is 5.02 Å². The molecule has 144 valence electrons. The van der Waals surface area contributed by atoms with Crippen LogP contribution in [-0.2, 0) is 0 Å². The summed E-state index contributed by atoms with van der Waals surface area (Å²) in [5.74, 6) is 1.31. The lowest BCUT2D eigenvalue weighted by Gasteiger charge is -2.30. The average Bonchev–Trinajstić information content (AvgIpc) is 3.20. The van der Waals surface area contributed by atoms with Gasteiger partial charge < -0.3 is 14.7 Å². The highest BCUT2D eigenvalue weighted by Crippen LogP contribution is 2.29. The third-order valence-corrected chi connectivity index (χ3v) is 5.28. The van der Waals surface area contributed by atoms with Gasteiger partial charge in [-0.05, 0) is 43.5 Å². The smallest absolute Gasteiger partial charge is 0.321 e. The van der Waals surface area contributed by atoms with Crippen LogP contribution in [0, 0.1) is 6.92 Å². The van der Waals surface area contributed by atoms with E-state index < -0.39 is 0 Å². The summed E-state index contributed by atoms with van der Waals surface area (Å²) >= 11 is 6.03. The summed E-state index contributed by atoms with van der Waals surface area (Å²) in [6.07, 6.45) is 1.58. The predicted octanol–water partition coefficient (Wildman–Crippen LogP) is 5.11. The molecule has 0 radical (unpaired) electrons. The van der Waals surface area contributed by atoms with Crippen LogP contribution in [0.4, 0.5) is 10.5 Å². The highest BCUT2D eigenvalue weighted by molar-refractivity contribution is 6.30. The quantitative estimate of drug-likeness (QED) is 0.667. The summed E-state index contributed by atoms with van der Waals surface area (Å²) < 4.78 is 5.48. The Bertz CT molecular complexity index is 980. The third-order valence-electron chi connectivity index (χ3n) is 5.04. The number of urea groups is 1. The van der Waals surface area contributed by atoms with Crippen LogP contribution >= 0.6 is 11.6 Å². The minimum absolute atomic E-state index is 0.0714. The van der Waals surface area contributed by atoms with Gasteiger partial charge in [0.05, 0.1) is 0 Å². The van der Waals surface area contributed by atoms with Gasteiger partial charge >= 0.3 is 6.03 Å². The molecule has 0 bridgehead atoms. The number of nitrogens with zero attached hydrogens (tertiary/aromatic N) is 3. The number of likely N-dealkylation sites (tertiary alicyclic amines) is 1. The summed E-state index contributed by atoms with van der Waals surface area (Å²) in [4.78, 5) is 18.9. The average molecular weight is 397 g/mol. The Kier molecular flexibility index (Phi) is 5.30. The number of aryl methyl sites for hydroxylation is 1. The highest BCUT2D eigenvalue weighted by Gasteiger charge is 2.28. The van der Waals surface area contributed by atoms with E-state index in [1.807, 2.05) is 60.4 Å². The maximum Gasteiger partial charge on any atom is 0.321 e. The molecule has 2 heterocycles. The monoisotopic (exact) mass is 396 g/mol. The van der Waals surface area contributed by atoms with Gasteiger partial charge in [0.25, 0.3) is 0 Å². The number of rotatable bonds is 3. The number of halogens is 1. The van der Waals surface area contributed by atoms with Gasteiger partial charge in [-0.25, -0.2) is 4.79 Å². The van der Waals surface area contributed by atoms with Gasteiger partial charge in [-0.3, -0.25) is 0 Å². The summed E-state index contributed by atoms with van der Waals surface area (Å²) in [7, 11) is 0. The fraction of sp³-hybridized carbons (Fsp3) is 0.286. The van der Waals surface area contributed by atoms with Crippen molar-refractivity contribution in [1.29, 1.82) is 0 Å². The minimum atomic E-state index is -0.0714. The molecule has 1 aliphatic heterocycles. The number of hydrogen-bond donors (Lipinski definition) is 1. The van der Waals surface area contributed by atoms with Crippen molar-refractivity contribution in [2.24, 2.45) is 0 Å². The number of aromatic nitrogens is 2. The molecule has 3 aromatic rings. The van der Waals surface area contributed by atoms with Gasteiger partial charge in [-0.15, -0.1) is 0 Å². The number of carbonyl (C=O) groups excluding carboxylic acids is 1. The molecular weight excluding hydrogens is 376 g/mol. The minimum Gasteiger partial charge on any atom is -0.339 e. The van der Waals surface area contributed by atoms with Gasteiger partial charge in [0.2, 0.25) is 11.7 Å². The number of anilines is 1. The molecule has 4 rings (SSSR count). The molecule has 2 aromatic carbocycles. The topological polar surface area (TPSA) is 71.3 Å². The van der Waals surface area contributed by atoms with Crippen molar-refractivity contribution in [2.75, 3.05) is 18.4 Å². The predicted molar refractivity (Wildman–Crippen MR) is 108 cm³/mol. The van der Waals surface area contributed by atoms with Crippen LogP contribution in [0.15, 0.2) is 53.1 Å². The Labute approximate surface area is 168 Å². The van der Waals surface area contributed by atoms with Crippen molar-refractivity contribution in [3.8, 4) is 11.4 Å². The first-order chi connectivity index (χ1) is 13.6. The molecule has 0 unspecified atom stereocenters. The fourth-order valence-electron chi connectivity index (χ4n) is 3.38. The maximum absolute atomic E-state index is 12.5. The van der Waals surface area contributed by atoms with Crippen LogP contribution in [0.5, 0.6) is 0 Å². The van der Waals surface area contributed by atoms with Crippen molar-refractivity contribution in [2.45, 2.75) is 25.7 Å². The van der Waals surface area contributed by atoms with Crippen LogP contribution in [0.25, 0.3) is 11.4 Å². The van der Waals surface area contributed by atoms with Crippen LogP contribution in [0.1, 0.15) is 30.2 Å². The maximum atomic E-state index is 12.5. The van der Waals surface area contributed by atoms with E-state index in [2.05, 4.69) is 15.5 Å².